The molecule has 0 atom stereocenters. The van der Waals surface area contributed by atoms with Crippen LogP contribution in [0.15, 0.2) is 24.3 Å². The summed E-state index contributed by atoms with van der Waals surface area (Å²) in [5.74, 6) is 0. The molecule has 1 N–H and O–H groups in total. The molecule has 0 aromatic heterocycles. The van der Waals surface area contributed by atoms with Crippen LogP contribution in [-0.2, 0) is 17.9 Å². The van der Waals surface area contributed by atoms with Crippen LogP contribution in [0.25, 0.3) is 0 Å². The summed E-state index contributed by atoms with van der Waals surface area (Å²) in [7, 11) is 1.76. The maximum Gasteiger partial charge on any atom is 0.0716 e. The van der Waals surface area contributed by atoms with Gasteiger partial charge in [0.15, 0.2) is 0 Å². The van der Waals surface area contributed by atoms with E-state index >= 15 is 0 Å². The molecule has 1 saturated carbocycles. The quantitative estimate of drug-likeness (QED) is 0.860. The van der Waals surface area contributed by atoms with Crippen LogP contribution in [0.2, 0.25) is 0 Å². The summed E-state index contributed by atoms with van der Waals surface area (Å²) in [6, 6.07) is 9.25. The Morgan fingerprint density at radius 2 is 1.84 bits per heavy atom. The Kier molecular flexibility index (Phi) is 6.21. The van der Waals surface area contributed by atoms with Gasteiger partial charge in [0.2, 0.25) is 0 Å². The number of ether oxygens (including phenoxy) is 1. The molecular formula is C16H25NOS. The van der Waals surface area contributed by atoms with Crippen LogP contribution in [0.3, 0.4) is 0 Å². The fourth-order valence-electron chi connectivity index (χ4n) is 2.78. The molecule has 0 saturated heterocycles. The molecular weight excluding hydrogens is 254 g/mol. The molecule has 0 radical (unpaired) electrons. The number of methoxy groups -OCH3 is 1. The Bertz CT molecular complexity index is 375. The van der Waals surface area contributed by atoms with Gasteiger partial charge in [-0.25, -0.2) is 0 Å². The van der Waals surface area contributed by atoms with Crippen LogP contribution in [-0.4, -0.2) is 24.7 Å². The molecule has 19 heavy (non-hydrogen) atoms. The minimum Gasteiger partial charge on any atom is -0.380 e. The molecule has 1 fully saturated rings. The number of hydrogen-bond acceptors (Lipinski definition) is 3. The highest BCUT2D eigenvalue weighted by Gasteiger charge is 2.19. The molecule has 106 valence electrons. The second-order valence-electron chi connectivity index (χ2n) is 5.29. The van der Waals surface area contributed by atoms with Crippen LogP contribution < -0.4 is 5.32 Å². The molecule has 0 heterocycles. The van der Waals surface area contributed by atoms with Crippen LogP contribution >= 0.6 is 11.8 Å². The molecule has 0 unspecified atom stereocenters. The van der Waals surface area contributed by atoms with Gasteiger partial charge in [-0.05, 0) is 43.1 Å². The van der Waals surface area contributed by atoms with Gasteiger partial charge >= 0.3 is 0 Å². The van der Waals surface area contributed by atoms with Gasteiger partial charge in [-0.2, -0.15) is 11.8 Å². The standard InChI is InChI=1S/C16H25NOS/c1-18-12-14-6-4-3-5-13(14)11-17-15-7-9-16(19-2)10-8-15/h3-6,15-17H,7-12H2,1-2H3. The summed E-state index contributed by atoms with van der Waals surface area (Å²) in [6.45, 7) is 1.67. The van der Waals surface area contributed by atoms with Crippen molar-refractivity contribution in [3.8, 4) is 0 Å². The van der Waals surface area contributed by atoms with E-state index in [1.165, 1.54) is 36.8 Å². The molecule has 1 aliphatic rings. The summed E-state index contributed by atoms with van der Waals surface area (Å²) in [5, 5.41) is 4.60. The van der Waals surface area contributed by atoms with Crippen molar-refractivity contribution >= 4 is 11.8 Å². The highest BCUT2D eigenvalue weighted by atomic mass is 32.2. The lowest BCUT2D eigenvalue weighted by Gasteiger charge is -2.28. The first-order chi connectivity index (χ1) is 9.33. The van der Waals surface area contributed by atoms with Gasteiger partial charge in [0, 0.05) is 24.9 Å². The van der Waals surface area contributed by atoms with E-state index in [9.17, 15) is 0 Å². The molecule has 1 aromatic rings. The van der Waals surface area contributed by atoms with E-state index in [4.69, 9.17) is 4.74 Å². The Morgan fingerprint density at radius 1 is 1.16 bits per heavy atom. The summed E-state index contributed by atoms with van der Waals surface area (Å²) in [6.07, 6.45) is 7.59. The SMILES string of the molecule is COCc1ccccc1CNC1CCC(SC)CC1. The van der Waals surface area contributed by atoms with Crippen molar-refractivity contribution in [2.45, 2.75) is 50.1 Å². The predicted octanol–water partition coefficient (Wildman–Crippen LogP) is 3.60. The smallest absolute Gasteiger partial charge is 0.0716 e. The molecule has 2 nitrogen and oxygen atoms in total. The summed E-state index contributed by atoms with van der Waals surface area (Å²) in [4.78, 5) is 0. The van der Waals surface area contributed by atoms with Crippen molar-refractivity contribution in [3.05, 3.63) is 35.4 Å². The minimum atomic E-state index is 0.694. The average molecular weight is 279 g/mol. The van der Waals surface area contributed by atoms with Gasteiger partial charge in [-0.1, -0.05) is 24.3 Å². The molecule has 0 spiro atoms. The predicted molar refractivity (Wildman–Crippen MR) is 83.6 cm³/mol. The van der Waals surface area contributed by atoms with E-state index in [0.717, 1.165) is 11.8 Å². The average Bonchev–Trinajstić information content (AvgIpc) is 2.47. The zero-order chi connectivity index (χ0) is 13.5. The first kappa shape index (κ1) is 14.9. The highest BCUT2D eigenvalue weighted by molar-refractivity contribution is 7.99. The molecule has 0 aliphatic heterocycles. The Morgan fingerprint density at radius 3 is 2.47 bits per heavy atom. The van der Waals surface area contributed by atoms with Crippen LogP contribution in [0.1, 0.15) is 36.8 Å². The lowest BCUT2D eigenvalue weighted by molar-refractivity contribution is 0.184. The van der Waals surface area contributed by atoms with Gasteiger partial charge in [-0.3, -0.25) is 0 Å². The lowest BCUT2D eigenvalue weighted by Crippen LogP contribution is -2.33. The molecule has 1 aromatic carbocycles. The van der Waals surface area contributed by atoms with Crippen molar-refractivity contribution in [2.75, 3.05) is 13.4 Å². The third kappa shape index (κ3) is 4.51. The number of rotatable bonds is 6. The Hall–Kier alpha value is -0.510. The van der Waals surface area contributed by atoms with E-state index in [0.29, 0.717) is 12.6 Å². The largest absolute Gasteiger partial charge is 0.380 e. The second kappa shape index (κ2) is 7.93. The molecule has 0 amide bonds. The highest BCUT2D eigenvalue weighted by Crippen LogP contribution is 2.27. The van der Waals surface area contributed by atoms with Gasteiger partial charge in [0.1, 0.15) is 0 Å². The normalized spacial score (nSPS) is 23.5. The van der Waals surface area contributed by atoms with Gasteiger partial charge in [0.25, 0.3) is 0 Å². The fourth-order valence-corrected chi connectivity index (χ4v) is 3.53. The van der Waals surface area contributed by atoms with E-state index in [1.807, 2.05) is 11.8 Å². The molecule has 1 aliphatic carbocycles. The maximum atomic E-state index is 5.26. The zero-order valence-electron chi connectivity index (χ0n) is 12.0. The monoisotopic (exact) mass is 279 g/mol. The van der Waals surface area contributed by atoms with Gasteiger partial charge in [-0.15, -0.1) is 0 Å². The third-order valence-corrected chi connectivity index (χ3v) is 5.15. The van der Waals surface area contributed by atoms with E-state index < -0.39 is 0 Å². The number of benzene rings is 1. The molecule has 0 bridgehead atoms. The van der Waals surface area contributed by atoms with E-state index in [1.54, 1.807) is 7.11 Å². The van der Waals surface area contributed by atoms with Gasteiger partial charge in [0.05, 0.1) is 6.61 Å². The summed E-state index contributed by atoms with van der Waals surface area (Å²) in [5.41, 5.74) is 2.67. The van der Waals surface area contributed by atoms with Crippen LogP contribution in [0.5, 0.6) is 0 Å². The van der Waals surface area contributed by atoms with Crippen molar-refractivity contribution in [1.29, 1.82) is 0 Å². The molecule has 2 rings (SSSR count). The van der Waals surface area contributed by atoms with E-state index in [2.05, 4.69) is 35.8 Å². The number of nitrogens with one attached hydrogen (secondary N) is 1. The third-order valence-electron chi connectivity index (χ3n) is 4.01. The zero-order valence-corrected chi connectivity index (χ0v) is 12.8. The molecule has 3 heteroatoms. The Labute approximate surface area is 121 Å². The Balaban J connectivity index is 1.82. The first-order valence-electron chi connectivity index (χ1n) is 7.15. The van der Waals surface area contributed by atoms with Crippen molar-refractivity contribution < 1.29 is 4.74 Å². The van der Waals surface area contributed by atoms with Crippen molar-refractivity contribution in [2.24, 2.45) is 0 Å². The summed E-state index contributed by atoms with van der Waals surface area (Å²) >= 11 is 2.03. The van der Waals surface area contributed by atoms with Gasteiger partial charge < -0.3 is 10.1 Å². The number of thioether (sulfide) groups is 1. The summed E-state index contributed by atoms with van der Waals surface area (Å²) < 4.78 is 5.26. The van der Waals surface area contributed by atoms with Crippen molar-refractivity contribution in [3.63, 3.8) is 0 Å². The topological polar surface area (TPSA) is 21.3 Å². The first-order valence-corrected chi connectivity index (χ1v) is 8.44. The number of hydrogen-bond donors (Lipinski definition) is 1. The second-order valence-corrected chi connectivity index (χ2v) is 6.43. The minimum absolute atomic E-state index is 0.694. The fraction of sp³-hybridized carbons (Fsp3) is 0.625. The van der Waals surface area contributed by atoms with E-state index in [-0.39, 0.29) is 0 Å². The van der Waals surface area contributed by atoms with Crippen LogP contribution in [0, 0.1) is 0 Å². The van der Waals surface area contributed by atoms with Crippen molar-refractivity contribution in [1.82, 2.24) is 5.32 Å². The maximum absolute atomic E-state index is 5.26. The van der Waals surface area contributed by atoms with Crippen LogP contribution in [0.4, 0.5) is 0 Å². The lowest BCUT2D eigenvalue weighted by atomic mass is 9.94.